The summed E-state index contributed by atoms with van der Waals surface area (Å²) < 4.78 is 0. The summed E-state index contributed by atoms with van der Waals surface area (Å²) in [4.78, 5) is 2.61. The third kappa shape index (κ3) is 3.58. The highest BCUT2D eigenvalue weighted by Crippen LogP contribution is 2.16. The van der Waals surface area contributed by atoms with Crippen LogP contribution < -0.4 is 5.32 Å². The summed E-state index contributed by atoms with van der Waals surface area (Å²) in [6.45, 7) is 11.6. The Bertz CT molecular complexity index is 141. The third-order valence-corrected chi connectivity index (χ3v) is 3.12. The van der Waals surface area contributed by atoms with Crippen LogP contribution in [0, 0.1) is 5.92 Å². The van der Waals surface area contributed by atoms with Crippen molar-refractivity contribution >= 4 is 0 Å². The topological polar surface area (TPSA) is 15.3 Å². The van der Waals surface area contributed by atoms with E-state index in [1.54, 1.807) is 0 Å². The second-order valence-electron chi connectivity index (χ2n) is 4.45. The maximum Gasteiger partial charge on any atom is 0.0198 e. The highest BCUT2D eigenvalue weighted by atomic mass is 15.2. The lowest BCUT2D eigenvalue weighted by molar-refractivity contribution is 0.301. The van der Waals surface area contributed by atoms with Gasteiger partial charge in [0.15, 0.2) is 0 Å². The van der Waals surface area contributed by atoms with E-state index in [1.807, 2.05) is 13.8 Å². The van der Waals surface area contributed by atoms with Crippen molar-refractivity contribution in [2.45, 2.75) is 46.1 Å². The maximum absolute atomic E-state index is 3.59. The van der Waals surface area contributed by atoms with E-state index in [0.29, 0.717) is 0 Å². The molecule has 0 radical (unpaired) electrons. The van der Waals surface area contributed by atoms with Crippen LogP contribution in [0.2, 0.25) is 0 Å². The summed E-state index contributed by atoms with van der Waals surface area (Å²) in [5.74, 6) is 0.901. The molecule has 2 heteroatoms. The first kappa shape index (κ1) is 12.0. The molecule has 2 unspecified atom stereocenters. The molecule has 2 aliphatic heterocycles. The lowest BCUT2D eigenvalue weighted by atomic mass is 10.1. The summed E-state index contributed by atoms with van der Waals surface area (Å²) in [6.07, 6.45) is 4.22. The van der Waals surface area contributed by atoms with Crippen LogP contribution in [0.3, 0.4) is 0 Å². The Kier molecular flexibility index (Phi) is 5.49. The Morgan fingerprint density at radius 1 is 1.21 bits per heavy atom. The molecule has 2 nitrogen and oxygen atoms in total. The van der Waals surface area contributed by atoms with Crippen molar-refractivity contribution < 1.29 is 0 Å². The molecule has 0 aliphatic carbocycles. The van der Waals surface area contributed by atoms with Gasteiger partial charge in [-0.3, -0.25) is 0 Å². The Balaban J connectivity index is 0.000000461. The summed E-state index contributed by atoms with van der Waals surface area (Å²) in [5.41, 5.74) is 0. The Hall–Kier alpha value is -0.0800. The van der Waals surface area contributed by atoms with Gasteiger partial charge < -0.3 is 10.2 Å². The molecule has 14 heavy (non-hydrogen) atoms. The first-order valence-electron chi connectivity index (χ1n) is 6.30. The zero-order valence-electron chi connectivity index (χ0n) is 10.1. The normalized spacial score (nSPS) is 32.8. The molecule has 0 aromatic heterocycles. The van der Waals surface area contributed by atoms with Crippen LogP contribution in [0.1, 0.15) is 40.0 Å². The molecule has 1 N–H and O–H groups in total. The molecule has 0 spiro atoms. The fraction of sp³-hybridized carbons (Fsp3) is 1.00. The van der Waals surface area contributed by atoms with Gasteiger partial charge in [-0.15, -0.1) is 0 Å². The van der Waals surface area contributed by atoms with Gasteiger partial charge in [0.1, 0.15) is 0 Å². The molecule has 2 saturated heterocycles. The van der Waals surface area contributed by atoms with Crippen molar-refractivity contribution in [3.63, 3.8) is 0 Å². The first-order chi connectivity index (χ1) is 6.84. The van der Waals surface area contributed by atoms with Gasteiger partial charge in [-0.05, 0) is 44.8 Å². The monoisotopic (exact) mass is 198 g/mol. The van der Waals surface area contributed by atoms with Crippen LogP contribution in [-0.2, 0) is 0 Å². The second-order valence-corrected chi connectivity index (χ2v) is 4.45. The summed E-state index contributed by atoms with van der Waals surface area (Å²) in [7, 11) is 0. The predicted molar refractivity (Wildman–Crippen MR) is 62.6 cm³/mol. The van der Waals surface area contributed by atoms with Crippen LogP contribution in [0.5, 0.6) is 0 Å². The van der Waals surface area contributed by atoms with Gasteiger partial charge in [0, 0.05) is 12.6 Å². The van der Waals surface area contributed by atoms with E-state index in [9.17, 15) is 0 Å². The van der Waals surface area contributed by atoms with Gasteiger partial charge in [0.2, 0.25) is 0 Å². The van der Waals surface area contributed by atoms with Crippen LogP contribution >= 0.6 is 0 Å². The van der Waals surface area contributed by atoms with Gasteiger partial charge in [0.25, 0.3) is 0 Å². The minimum absolute atomic E-state index is 0.790. The molecule has 0 amide bonds. The van der Waals surface area contributed by atoms with Crippen molar-refractivity contribution in [1.29, 1.82) is 0 Å². The Labute approximate surface area is 89.1 Å². The number of nitrogens with one attached hydrogen (secondary N) is 1. The molecule has 0 aromatic carbocycles. The molecule has 2 heterocycles. The molecule has 2 rings (SSSR count). The van der Waals surface area contributed by atoms with E-state index in [-0.39, 0.29) is 0 Å². The fourth-order valence-electron chi connectivity index (χ4n) is 2.44. The van der Waals surface area contributed by atoms with E-state index in [0.717, 1.165) is 12.0 Å². The van der Waals surface area contributed by atoms with E-state index in [4.69, 9.17) is 0 Å². The minimum atomic E-state index is 0.790. The van der Waals surface area contributed by atoms with E-state index < -0.39 is 0 Å². The zero-order chi connectivity index (χ0) is 10.4. The standard InChI is InChI=1S/C10H20N2.C2H6/c1-9-6-10(11-7-9)8-12-4-2-3-5-12;1-2/h9-11H,2-8H2,1H3;1-2H3. The van der Waals surface area contributed by atoms with Gasteiger partial charge in [-0.2, -0.15) is 0 Å². The van der Waals surface area contributed by atoms with E-state index in [1.165, 1.54) is 45.4 Å². The third-order valence-electron chi connectivity index (χ3n) is 3.12. The number of nitrogens with zero attached hydrogens (tertiary/aromatic N) is 1. The van der Waals surface area contributed by atoms with Crippen LogP contribution in [0.15, 0.2) is 0 Å². The summed E-state index contributed by atoms with van der Waals surface area (Å²) >= 11 is 0. The largest absolute Gasteiger partial charge is 0.312 e. The van der Waals surface area contributed by atoms with Crippen LogP contribution in [0.25, 0.3) is 0 Å². The molecule has 84 valence electrons. The smallest absolute Gasteiger partial charge is 0.0198 e. The number of hydrogen-bond donors (Lipinski definition) is 1. The fourth-order valence-corrected chi connectivity index (χ4v) is 2.44. The molecule has 0 aromatic rings. The van der Waals surface area contributed by atoms with E-state index in [2.05, 4.69) is 17.1 Å². The average Bonchev–Trinajstić information content (AvgIpc) is 2.82. The number of rotatable bonds is 2. The molecular formula is C12H26N2. The SMILES string of the molecule is CC.CC1CNC(CN2CCCC2)C1. The van der Waals surface area contributed by atoms with Crippen molar-refractivity contribution in [1.82, 2.24) is 10.2 Å². The lowest BCUT2D eigenvalue weighted by Gasteiger charge is -2.19. The van der Waals surface area contributed by atoms with Gasteiger partial charge in [-0.25, -0.2) is 0 Å². The minimum Gasteiger partial charge on any atom is -0.312 e. The lowest BCUT2D eigenvalue weighted by Crippen LogP contribution is -2.35. The van der Waals surface area contributed by atoms with Gasteiger partial charge in [0.05, 0.1) is 0 Å². The maximum atomic E-state index is 3.59. The Morgan fingerprint density at radius 3 is 2.36 bits per heavy atom. The first-order valence-corrected chi connectivity index (χ1v) is 6.30. The van der Waals surface area contributed by atoms with Crippen LogP contribution in [-0.4, -0.2) is 37.1 Å². The highest BCUT2D eigenvalue weighted by molar-refractivity contribution is 4.83. The van der Waals surface area contributed by atoms with Crippen molar-refractivity contribution in [3.8, 4) is 0 Å². The van der Waals surface area contributed by atoms with Crippen molar-refractivity contribution in [3.05, 3.63) is 0 Å². The quantitative estimate of drug-likeness (QED) is 0.731. The highest BCUT2D eigenvalue weighted by Gasteiger charge is 2.23. The molecule has 2 aliphatic rings. The average molecular weight is 198 g/mol. The molecular weight excluding hydrogens is 172 g/mol. The second kappa shape index (κ2) is 6.41. The molecule has 0 bridgehead atoms. The molecule has 2 atom stereocenters. The molecule has 2 fully saturated rings. The zero-order valence-corrected chi connectivity index (χ0v) is 10.1. The van der Waals surface area contributed by atoms with E-state index >= 15 is 0 Å². The van der Waals surface area contributed by atoms with Gasteiger partial charge >= 0.3 is 0 Å². The Morgan fingerprint density at radius 2 is 1.86 bits per heavy atom. The number of hydrogen-bond acceptors (Lipinski definition) is 2. The number of likely N-dealkylation sites (tertiary alicyclic amines) is 1. The summed E-state index contributed by atoms with van der Waals surface area (Å²) in [6, 6.07) is 0.790. The summed E-state index contributed by atoms with van der Waals surface area (Å²) in [5, 5.41) is 3.59. The van der Waals surface area contributed by atoms with Crippen molar-refractivity contribution in [2.24, 2.45) is 5.92 Å². The van der Waals surface area contributed by atoms with Crippen LogP contribution in [0.4, 0.5) is 0 Å². The van der Waals surface area contributed by atoms with Crippen molar-refractivity contribution in [2.75, 3.05) is 26.2 Å². The predicted octanol–water partition coefficient (Wildman–Crippen LogP) is 2.11. The van der Waals surface area contributed by atoms with Gasteiger partial charge in [-0.1, -0.05) is 20.8 Å². The molecule has 0 saturated carbocycles.